The van der Waals surface area contributed by atoms with E-state index in [0.717, 1.165) is 24.5 Å². The zero-order chi connectivity index (χ0) is 20.2. The van der Waals surface area contributed by atoms with E-state index in [2.05, 4.69) is 45.5 Å². The summed E-state index contributed by atoms with van der Waals surface area (Å²) in [5, 5.41) is 11.8. The Morgan fingerprint density at radius 3 is 2.48 bits per heavy atom. The van der Waals surface area contributed by atoms with E-state index in [1.165, 1.54) is 16.7 Å². The number of hydrogen-bond acceptors (Lipinski definition) is 7. The zero-order valence-corrected chi connectivity index (χ0v) is 16.9. The number of ether oxygens (including phenoxy) is 2. The number of aromatic nitrogens is 3. The number of benzene rings is 2. The molecule has 29 heavy (non-hydrogen) atoms. The van der Waals surface area contributed by atoms with Crippen molar-refractivity contribution in [1.29, 1.82) is 0 Å². The number of methoxy groups -OCH3 is 2. The van der Waals surface area contributed by atoms with Gasteiger partial charge in [-0.1, -0.05) is 30.3 Å². The van der Waals surface area contributed by atoms with Crippen LogP contribution >= 0.6 is 0 Å². The molecule has 4 rings (SSSR count). The first kappa shape index (κ1) is 19.0. The molecule has 0 amide bonds. The van der Waals surface area contributed by atoms with Crippen LogP contribution in [0.5, 0.6) is 11.5 Å². The van der Waals surface area contributed by atoms with Crippen molar-refractivity contribution < 1.29 is 9.47 Å². The number of rotatable bonds is 6. The first-order valence-corrected chi connectivity index (χ1v) is 9.68. The lowest BCUT2D eigenvalue weighted by Gasteiger charge is -2.29. The first-order chi connectivity index (χ1) is 14.2. The van der Waals surface area contributed by atoms with E-state index in [4.69, 9.17) is 14.5 Å². The molecule has 0 saturated carbocycles. The third-order valence-corrected chi connectivity index (χ3v) is 5.21. The van der Waals surface area contributed by atoms with Crippen molar-refractivity contribution in [2.45, 2.75) is 25.9 Å². The van der Waals surface area contributed by atoms with E-state index in [-0.39, 0.29) is 6.04 Å². The normalized spacial score (nSPS) is 14.1. The van der Waals surface area contributed by atoms with Crippen molar-refractivity contribution in [2.24, 2.45) is 0 Å². The fraction of sp³-hybridized carbons (Fsp3) is 0.318. The topological polar surface area (TPSA) is 72.4 Å². The molecule has 0 bridgehead atoms. The molecule has 1 unspecified atom stereocenters. The van der Waals surface area contributed by atoms with E-state index in [1.807, 2.05) is 24.3 Å². The minimum absolute atomic E-state index is 0.125. The molecule has 0 saturated heterocycles. The molecule has 2 heterocycles. The van der Waals surface area contributed by atoms with E-state index >= 15 is 0 Å². The number of hydrogen-bond donors (Lipinski definition) is 1. The summed E-state index contributed by atoms with van der Waals surface area (Å²) in [6, 6.07) is 14.5. The van der Waals surface area contributed by atoms with Gasteiger partial charge < -0.3 is 19.7 Å². The Balaban J connectivity index is 1.52. The molecule has 1 aromatic heterocycles. The number of nitrogens with one attached hydrogen (secondary N) is 1. The van der Waals surface area contributed by atoms with Crippen LogP contribution < -0.4 is 19.7 Å². The lowest BCUT2D eigenvalue weighted by Crippen LogP contribution is -2.32. The summed E-state index contributed by atoms with van der Waals surface area (Å²) >= 11 is 0. The molecule has 1 N–H and O–H groups in total. The maximum absolute atomic E-state index is 5.45. The fourth-order valence-electron chi connectivity index (χ4n) is 3.60. The average Bonchev–Trinajstić information content (AvgIpc) is 2.78. The van der Waals surface area contributed by atoms with E-state index < -0.39 is 0 Å². The van der Waals surface area contributed by atoms with Crippen LogP contribution in [0.25, 0.3) is 0 Å². The van der Waals surface area contributed by atoms with Crippen LogP contribution in [0.1, 0.15) is 29.7 Å². The molecule has 1 aliphatic rings. The molecule has 2 aromatic carbocycles. The van der Waals surface area contributed by atoms with Crippen molar-refractivity contribution in [1.82, 2.24) is 15.2 Å². The Bertz CT molecular complexity index is 980. The number of anilines is 2. The average molecular weight is 391 g/mol. The summed E-state index contributed by atoms with van der Waals surface area (Å²) in [5.41, 5.74) is 3.65. The summed E-state index contributed by atoms with van der Waals surface area (Å²) in [4.78, 5) is 6.83. The molecule has 7 heteroatoms. The van der Waals surface area contributed by atoms with Crippen molar-refractivity contribution in [2.75, 3.05) is 31.0 Å². The van der Waals surface area contributed by atoms with Crippen molar-refractivity contribution in [3.63, 3.8) is 0 Å². The molecular weight excluding hydrogens is 366 g/mol. The molecule has 1 aliphatic heterocycles. The second-order valence-corrected chi connectivity index (χ2v) is 7.07. The van der Waals surface area contributed by atoms with Crippen LogP contribution in [-0.4, -0.2) is 35.9 Å². The Morgan fingerprint density at radius 1 is 1.03 bits per heavy atom. The Morgan fingerprint density at radius 2 is 1.76 bits per heavy atom. The molecule has 3 aromatic rings. The molecule has 0 spiro atoms. The summed E-state index contributed by atoms with van der Waals surface area (Å²) in [5.74, 6) is 2.83. The van der Waals surface area contributed by atoms with E-state index in [0.29, 0.717) is 18.3 Å². The van der Waals surface area contributed by atoms with Gasteiger partial charge in [0.2, 0.25) is 5.95 Å². The second-order valence-electron chi connectivity index (χ2n) is 7.07. The standard InChI is InChI=1S/C22H25N5O2/c1-15(16-7-5-4-6-8-16)24-21-13-23-26-22(25-21)27-10-9-17-11-19(28-2)20(29-3)12-18(17)14-27/h4-8,11-13,15H,9-10,14H2,1-3H3,(H,24,25,26). The van der Waals surface area contributed by atoms with Crippen LogP contribution in [-0.2, 0) is 13.0 Å². The summed E-state index contributed by atoms with van der Waals surface area (Å²) < 4.78 is 10.9. The Labute approximate surface area is 170 Å². The summed E-state index contributed by atoms with van der Waals surface area (Å²) in [6.45, 7) is 3.63. The summed E-state index contributed by atoms with van der Waals surface area (Å²) in [6.07, 6.45) is 2.55. The largest absolute Gasteiger partial charge is 0.493 e. The monoisotopic (exact) mass is 391 g/mol. The lowest BCUT2D eigenvalue weighted by molar-refractivity contribution is 0.353. The SMILES string of the molecule is COc1cc2c(cc1OC)CN(c1nncc(NC(C)c3ccccc3)n1)CC2. The maximum atomic E-state index is 5.45. The van der Waals surface area contributed by atoms with Crippen LogP contribution in [0.15, 0.2) is 48.7 Å². The molecule has 1 atom stereocenters. The van der Waals surface area contributed by atoms with Crippen molar-refractivity contribution in [3.8, 4) is 11.5 Å². The van der Waals surface area contributed by atoms with Gasteiger partial charge in [0.1, 0.15) is 0 Å². The van der Waals surface area contributed by atoms with Gasteiger partial charge in [-0.2, -0.15) is 10.1 Å². The first-order valence-electron chi connectivity index (χ1n) is 9.68. The van der Waals surface area contributed by atoms with Gasteiger partial charge in [0, 0.05) is 19.1 Å². The minimum Gasteiger partial charge on any atom is -0.493 e. The summed E-state index contributed by atoms with van der Waals surface area (Å²) in [7, 11) is 3.31. The maximum Gasteiger partial charge on any atom is 0.247 e. The molecule has 0 radical (unpaired) electrons. The highest BCUT2D eigenvalue weighted by molar-refractivity contribution is 5.51. The van der Waals surface area contributed by atoms with Gasteiger partial charge in [-0.25, -0.2) is 0 Å². The lowest BCUT2D eigenvalue weighted by atomic mass is 9.99. The predicted octanol–water partition coefficient (Wildman–Crippen LogP) is 3.62. The van der Waals surface area contributed by atoms with Gasteiger partial charge in [0.05, 0.1) is 20.4 Å². The third-order valence-electron chi connectivity index (χ3n) is 5.21. The predicted molar refractivity (Wildman–Crippen MR) is 113 cm³/mol. The highest BCUT2D eigenvalue weighted by Gasteiger charge is 2.22. The molecule has 0 fully saturated rings. The Hall–Kier alpha value is -3.35. The quantitative estimate of drug-likeness (QED) is 0.688. The zero-order valence-electron chi connectivity index (χ0n) is 16.9. The van der Waals surface area contributed by atoms with E-state index in [1.54, 1.807) is 20.4 Å². The van der Waals surface area contributed by atoms with Gasteiger partial charge in [-0.3, -0.25) is 0 Å². The van der Waals surface area contributed by atoms with Crippen LogP contribution in [0, 0.1) is 0 Å². The minimum atomic E-state index is 0.125. The second kappa shape index (κ2) is 8.34. The smallest absolute Gasteiger partial charge is 0.247 e. The number of fused-ring (bicyclic) bond motifs is 1. The van der Waals surface area contributed by atoms with Crippen LogP contribution in [0.2, 0.25) is 0 Å². The van der Waals surface area contributed by atoms with Gasteiger partial charge in [-0.15, -0.1) is 5.10 Å². The van der Waals surface area contributed by atoms with Gasteiger partial charge in [-0.05, 0) is 42.2 Å². The molecule has 150 valence electrons. The van der Waals surface area contributed by atoms with Gasteiger partial charge in [0.25, 0.3) is 0 Å². The molecule has 7 nitrogen and oxygen atoms in total. The van der Waals surface area contributed by atoms with Crippen molar-refractivity contribution in [3.05, 3.63) is 65.4 Å². The fourth-order valence-corrected chi connectivity index (χ4v) is 3.60. The highest BCUT2D eigenvalue weighted by atomic mass is 16.5. The molecule has 0 aliphatic carbocycles. The van der Waals surface area contributed by atoms with Crippen molar-refractivity contribution >= 4 is 11.8 Å². The van der Waals surface area contributed by atoms with E-state index in [9.17, 15) is 0 Å². The highest BCUT2D eigenvalue weighted by Crippen LogP contribution is 2.34. The van der Waals surface area contributed by atoms with Gasteiger partial charge in [0.15, 0.2) is 17.3 Å². The van der Waals surface area contributed by atoms with Crippen LogP contribution in [0.4, 0.5) is 11.8 Å². The molecular formula is C22H25N5O2. The van der Waals surface area contributed by atoms with Gasteiger partial charge >= 0.3 is 0 Å². The van der Waals surface area contributed by atoms with Crippen LogP contribution in [0.3, 0.4) is 0 Å². The Kier molecular flexibility index (Phi) is 5.46. The number of nitrogens with zero attached hydrogens (tertiary/aromatic N) is 4. The third kappa shape index (κ3) is 4.08.